The molecule has 0 spiro atoms. The van der Waals surface area contributed by atoms with E-state index in [0.29, 0.717) is 31.6 Å². The molecule has 27 heavy (non-hydrogen) atoms. The number of rotatable bonds is 5. The number of benzene rings is 1. The first-order chi connectivity index (χ1) is 12.8. The summed E-state index contributed by atoms with van der Waals surface area (Å²) in [6, 6.07) is 6.43. The number of hydrogen-bond acceptors (Lipinski definition) is 3. The van der Waals surface area contributed by atoms with E-state index in [2.05, 4.69) is 5.32 Å². The number of anilines is 1. The van der Waals surface area contributed by atoms with Crippen molar-refractivity contribution in [1.82, 2.24) is 5.32 Å². The number of carbonyl (C=O) groups excluding carboxylic acids is 2. The van der Waals surface area contributed by atoms with Gasteiger partial charge in [-0.1, -0.05) is 12.5 Å². The van der Waals surface area contributed by atoms with Crippen molar-refractivity contribution in [3.05, 3.63) is 24.3 Å². The van der Waals surface area contributed by atoms with Gasteiger partial charge in [0.2, 0.25) is 5.91 Å². The molecule has 5 nitrogen and oxygen atoms in total. The van der Waals surface area contributed by atoms with E-state index in [1.807, 2.05) is 0 Å². The second kappa shape index (κ2) is 8.19. The van der Waals surface area contributed by atoms with Gasteiger partial charge in [0.25, 0.3) is 5.91 Å². The molecule has 2 aliphatic rings. The first-order valence-electron chi connectivity index (χ1n) is 9.22. The fraction of sp³-hybridized carbons (Fsp3) is 0.579. The lowest BCUT2D eigenvalue weighted by Crippen LogP contribution is -2.43. The molecule has 8 heteroatoms. The molecule has 0 radical (unpaired) electrons. The molecule has 1 heterocycles. The second-order valence-electron chi connectivity index (χ2n) is 7.10. The summed E-state index contributed by atoms with van der Waals surface area (Å²) in [5, 5.41) is 2.64. The van der Waals surface area contributed by atoms with Crippen molar-refractivity contribution in [2.45, 2.75) is 50.7 Å². The molecule has 1 N–H and O–H groups in total. The minimum atomic E-state index is -4.21. The summed E-state index contributed by atoms with van der Waals surface area (Å²) in [5.74, 6) is -1.29. The van der Waals surface area contributed by atoms with Crippen molar-refractivity contribution in [3.8, 4) is 5.75 Å². The summed E-state index contributed by atoms with van der Waals surface area (Å²) in [4.78, 5) is 25.5. The molecule has 1 aromatic rings. The zero-order valence-corrected chi connectivity index (χ0v) is 14.9. The normalized spacial score (nSPS) is 23.4. The maximum atomic E-state index is 12.8. The van der Waals surface area contributed by atoms with Crippen LogP contribution in [-0.2, 0) is 9.59 Å². The smallest absolute Gasteiger partial charge is 0.391 e. The van der Waals surface area contributed by atoms with Gasteiger partial charge >= 0.3 is 6.18 Å². The average Bonchev–Trinajstić information content (AvgIpc) is 3.06. The van der Waals surface area contributed by atoms with E-state index < -0.39 is 24.0 Å². The van der Waals surface area contributed by atoms with Crippen molar-refractivity contribution in [3.63, 3.8) is 0 Å². The molecule has 2 atom stereocenters. The minimum absolute atomic E-state index is 0.0569. The average molecular weight is 384 g/mol. The van der Waals surface area contributed by atoms with Crippen LogP contribution in [0, 0.1) is 5.92 Å². The van der Waals surface area contributed by atoms with Gasteiger partial charge in [0, 0.05) is 30.8 Å². The van der Waals surface area contributed by atoms with Crippen molar-refractivity contribution in [1.29, 1.82) is 0 Å². The van der Waals surface area contributed by atoms with Crippen molar-refractivity contribution in [2.24, 2.45) is 5.92 Å². The van der Waals surface area contributed by atoms with E-state index in [4.69, 9.17) is 4.74 Å². The van der Waals surface area contributed by atoms with Crippen molar-refractivity contribution >= 4 is 17.5 Å². The Balaban J connectivity index is 1.50. The van der Waals surface area contributed by atoms with Crippen LogP contribution in [0.4, 0.5) is 18.9 Å². The standard InChI is InChI=1S/C19H23F3N2O3/c20-19(21,22)13-4-1-5-14(10-13)23-17(25)12-27-16-7-2-6-15(11-16)24-9-3-8-18(24)26/h2,6-7,11,13-14H,1,3-5,8-10,12H2,(H,23,25). The van der Waals surface area contributed by atoms with Gasteiger partial charge < -0.3 is 15.0 Å². The quantitative estimate of drug-likeness (QED) is 0.846. The van der Waals surface area contributed by atoms with Gasteiger partial charge in [0.15, 0.2) is 6.61 Å². The van der Waals surface area contributed by atoms with Gasteiger partial charge in [0.1, 0.15) is 5.75 Å². The lowest BCUT2D eigenvalue weighted by molar-refractivity contribution is -0.184. The molecular weight excluding hydrogens is 361 g/mol. The zero-order chi connectivity index (χ0) is 19.4. The van der Waals surface area contributed by atoms with Crippen LogP contribution in [-0.4, -0.2) is 37.2 Å². The van der Waals surface area contributed by atoms with E-state index in [1.165, 1.54) is 0 Å². The number of ether oxygens (including phenoxy) is 1. The Hall–Kier alpha value is -2.25. The molecule has 3 rings (SSSR count). The number of nitrogens with zero attached hydrogens (tertiary/aromatic N) is 1. The number of hydrogen-bond donors (Lipinski definition) is 1. The maximum absolute atomic E-state index is 12.8. The van der Waals surface area contributed by atoms with E-state index >= 15 is 0 Å². The van der Waals surface area contributed by atoms with Crippen LogP contribution in [0.5, 0.6) is 5.75 Å². The summed E-state index contributed by atoms with van der Waals surface area (Å²) in [6.07, 6.45) is -1.85. The highest BCUT2D eigenvalue weighted by atomic mass is 19.4. The summed E-state index contributed by atoms with van der Waals surface area (Å²) in [7, 11) is 0. The van der Waals surface area contributed by atoms with Gasteiger partial charge in [-0.15, -0.1) is 0 Å². The van der Waals surface area contributed by atoms with E-state index in [9.17, 15) is 22.8 Å². The SMILES string of the molecule is O=C(COc1cccc(N2CCCC2=O)c1)NC1CCCC(C(F)(F)F)C1. The van der Waals surface area contributed by atoms with Crippen LogP contribution < -0.4 is 15.0 Å². The maximum Gasteiger partial charge on any atom is 0.391 e. The number of halogens is 3. The molecular formula is C19H23F3N2O3. The molecule has 1 saturated heterocycles. The zero-order valence-electron chi connectivity index (χ0n) is 14.9. The monoisotopic (exact) mass is 384 g/mol. The predicted octanol–water partition coefficient (Wildman–Crippen LogP) is 3.43. The van der Waals surface area contributed by atoms with Crippen LogP contribution in [0.15, 0.2) is 24.3 Å². The minimum Gasteiger partial charge on any atom is -0.484 e. The summed E-state index contributed by atoms with van der Waals surface area (Å²) in [5.41, 5.74) is 0.718. The molecule has 1 aromatic carbocycles. The van der Waals surface area contributed by atoms with Crippen LogP contribution in [0.3, 0.4) is 0 Å². The van der Waals surface area contributed by atoms with E-state index in [0.717, 1.165) is 12.1 Å². The number of alkyl halides is 3. The fourth-order valence-corrected chi connectivity index (χ4v) is 3.70. The third-order valence-corrected chi connectivity index (χ3v) is 5.07. The highest BCUT2D eigenvalue weighted by Gasteiger charge is 2.42. The fourth-order valence-electron chi connectivity index (χ4n) is 3.70. The lowest BCUT2D eigenvalue weighted by atomic mass is 9.85. The highest BCUT2D eigenvalue weighted by molar-refractivity contribution is 5.95. The number of carbonyl (C=O) groups is 2. The Morgan fingerprint density at radius 3 is 2.78 bits per heavy atom. The molecule has 0 bridgehead atoms. The Kier molecular flexibility index (Phi) is 5.92. The van der Waals surface area contributed by atoms with Crippen LogP contribution in [0.2, 0.25) is 0 Å². The molecule has 148 valence electrons. The summed E-state index contributed by atoms with van der Waals surface area (Å²) >= 11 is 0. The molecule has 1 saturated carbocycles. The highest BCUT2D eigenvalue weighted by Crippen LogP contribution is 2.37. The summed E-state index contributed by atoms with van der Waals surface area (Å²) in [6.45, 7) is 0.384. The predicted molar refractivity (Wildman–Crippen MR) is 93.5 cm³/mol. The molecule has 2 amide bonds. The van der Waals surface area contributed by atoms with Crippen molar-refractivity contribution in [2.75, 3.05) is 18.1 Å². The molecule has 1 aliphatic carbocycles. The first kappa shape index (κ1) is 19.5. The van der Waals surface area contributed by atoms with Crippen LogP contribution >= 0.6 is 0 Å². The Bertz CT molecular complexity index is 693. The first-order valence-corrected chi connectivity index (χ1v) is 9.22. The molecule has 2 fully saturated rings. The summed E-state index contributed by atoms with van der Waals surface area (Å²) < 4.78 is 44.0. The molecule has 0 aromatic heterocycles. The van der Waals surface area contributed by atoms with E-state index in [1.54, 1.807) is 29.2 Å². The third-order valence-electron chi connectivity index (χ3n) is 5.07. The number of nitrogens with one attached hydrogen (secondary N) is 1. The Morgan fingerprint density at radius 1 is 1.26 bits per heavy atom. The Labute approximate surface area is 155 Å². The topological polar surface area (TPSA) is 58.6 Å². The number of amides is 2. The van der Waals surface area contributed by atoms with Gasteiger partial charge in [-0.05, 0) is 37.8 Å². The van der Waals surface area contributed by atoms with E-state index in [-0.39, 0.29) is 25.4 Å². The Morgan fingerprint density at radius 2 is 2.07 bits per heavy atom. The van der Waals surface area contributed by atoms with Gasteiger partial charge in [-0.2, -0.15) is 13.2 Å². The largest absolute Gasteiger partial charge is 0.484 e. The molecule has 2 unspecified atom stereocenters. The van der Waals surface area contributed by atoms with Crippen molar-refractivity contribution < 1.29 is 27.5 Å². The van der Waals surface area contributed by atoms with Crippen LogP contribution in [0.25, 0.3) is 0 Å². The van der Waals surface area contributed by atoms with Crippen LogP contribution in [0.1, 0.15) is 38.5 Å². The second-order valence-corrected chi connectivity index (χ2v) is 7.10. The van der Waals surface area contributed by atoms with Gasteiger partial charge in [-0.25, -0.2) is 0 Å². The lowest BCUT2D eigenvalue weighted by Gasteiger charge is -2.31. The molecule has 1 aliphatic heterocycles. The van der Waals surface area contributed by atoms with Gasteiger partial charge in [0.05, 0.1) is 5.92 Å². The van der Waals surface area contributed by atoms with Gasteiger partial charge in [-0.3, -0.25) is 9.59 Å². The third kappa shape index (κ3) is 5.14.